The number of carbonyl (C=O) groups is 2. The van der Waals surface area contributed by atoms with Crippen LogP contribution in [0.4, 0.5) is 0 Å². The molecule has 6 heteroatoms. The maximum absolute atomic E-state index is 12.5. The number of hydrogen-bond acceptors (Lipinski definition) is 4. The van der Waals surface area contributed by atoms with Crippen LogP contribution in [0.5, 0.6) is 0 Å². The van der Waals surface area contributed by atoms with Crippen LogP contribution in [0, 0.1) is 12.3 Å². The average molecular weight is 276 g/mol. The van der Waals surface area contributed by atoms with Crippen molar-refractivity contribution in [3.05, 3.63) is 23.8 Å². The lowest BCUT2D eigenvalue weighted by Crippen LogP contribution is -2.51. The first-order chi connectivity index (χ1) is 9.48. The molecule has 0 aromatic carbocycles. The van der Waals surface area contributed by atoms with Gasteiger partial charge < -0.3 is 10.2 Å². The Bertz CT molecular complexity index is 532. The lowest BCUT2D eigenvalue weighted by molar-refractivity contribution is -0.132. The molecule has 1 fully saturated rings. The maximum Gasteiger partial charge on any atom is 0.257 e. The molecule has 1 aromatic heterocycles. The van der Waals surface area contributed by atoms with Crippen LogP contribution < -0.4 is 5.32 Å². The van der Waals surface area contributed by atoms with Crippen molar-refractivity contribution >= 4 is 11.8 Å². The molecule has 1 saturated heterocycles. The van der Waals surface area contributed by atoms with Gasteiger partial charge in [0.25, 0.3) is 5.91 Å². The van der Waals surface area contributed by atoms with Gasteiger partial charge in [0.1, 0.15) is 6.33 Å². The van der Waals surface area contributed by atoms with Gasteiger partial charge in [-0.3, -0.25) is 9.59 Å². The molecule has 1 aliphatic rings. The topological polar surface area (TPSA) is 75.2 Å². The van der Waals surface area contributed by atoms with Crippen LogP contribution in [0.15, 0.2) is 12.5 Å². The predicted molar refractivity (Wildman–Crippen MR) is 74.1 cm³/mol. The van der Waals surface area contributed by atoms with Crippen LogP contribution in [-0.2, 0) is 4.79 Å². The summed E-state index contributed by atoms with van der Waals surface area (Å²) < 4.78 is 0. The summed E-state index contributed by atoms with van der Waals surface area (Å²) in [4.78, 5) is 34.2. The van der Waals surface area contributed by atoms with E-state index in [1.54, 1.807) is 18.9 Å². The fraction of sp³-hybridized carbons (Fsp3) is 0.571. The largest absolute Gasteiger partial charge is 0.359 e. The molecule has 1 aromatic rings. The van der Waals surface area contributed by atoms with E-state index in [1.807, 2.05) is 6.92 Å². The van der Waals surface area contributed by atoms with Crippen molar-refractivity contribution in [1.82, 2.24) is 20.2 Å². The Morgan fingerprint density at radius 3 is 2.85 bits per heavy atom. The van der Waals surface area contributed by atoms with Crippen LogP contribution in [0.2, 0.25) is 0 Å². The van der Waals surface area contributed by atoms with Gasteiger partial charge in [0, 0.05) is 26.3 Å². The van der Waals surface area contributed by atoms with Gasteiger partial charge >= 0.3 is 0 Å². The molecule has 0 spiro atoms. The highest BCUT2D eigenvalue weighted by molar-refractivity contribution is 5.95. The summed E-state index contributed by atoms with van der Waals surface area (Å²) in [5.74, 6) is -0.117. The van der Waals surface area contributed by atoms with Crippen molar-refractivity contribution in [2.75, 3.05) is 20.1 Å². The maximum atomic E-state index is 12.5. The number of piperidine rings is 1. The standard InChI is InChI=1S/C14H20N4O2/c1-10-11(7-16-9-17-10)12(19)18-6-4-5-14(2,8-18)13(20)15-3/h7,9H,4-6,8H2,1-3H3,(H,15,20). The third kappa shape index (κ3) is 2.64. The van der Waals surface area contributed by atoms with E-state index in [4.69, 9.17) is 0 Å². The number of aryl methyl sites for hydroxylation is 1. The number of hydrogen-bond donors (Lipinski definition) is 1. The molecule has 2 rings (SSSR count). The Kier molecular flexibility index (Phi) is 4.01. The second-order valence-electron chi connectivity index (χ2n) is 5.49. The number of nitrogens with zero attached hydrogens (tertiary/aromatic N) is 3. The lowest BCUT2D eigenvalue weighted by atomic mass is 9.81. The van der Waals surface area contributed by atoms with Crippen LogP contribution in [0.1, 0.15) is 35.8 Å². The van der Waals surface area contributed by atoms with Gasteiger partial charge in [0.2, 0.25) is 5.91 Å². The molecule has 1 N–H and O–H groups in total. The van der Waals surface area contributed by atoms with Gasteiger partial charge in [-0.15, -0.1) is 0 Å². The number of nitrogens with one attached hydrogen (secondary N) is 1. The summed E-state index contributed by atoms with van der Waals surface area (Å²) in [5, 5.41) is 2.68. The summed E-state index contributed by atoms with van der Waals surface area (Å²) >= 11 is 0. The minimum atomic E-state index is -0.522. The fourth-order valence-electron chi connectivity index (χ4n) is 2.67. The molecule has 1 atom stereocenters. The van der Waals surface area contributed by atoms with E-state index in [2.05, 4.69) is 15.3 Å². The first-order valence-corrected chi connectivity index (χ1v) is 6.76. The van der Waals surface area contributed by atoms with E-state index < -0.39 is 5.41 Å². The van der Waals surface area contributed by atoms with E-state index in [9.17, 15) is 9.59 Å². The average Bonchev–Trinajstić information content (AvgIpc) is 2.46. The number of rotatable bonds is 2. The fourth-order valence-corrected chi connectivity index (χ4v) is 2.67. The molecule has 1 unspecified atom stereocenters. The molecule has 0 bridgehead atoms. The van der Waals surface area contributed by atoms with Crippen molar-refractivity contribution in [1.29, 1.82) is 0 Å². The highest BCUT2D eigenvalue weighted by Crippen LogP contribution is 2.30. The van der Waals surface area contributed by atoms with Gasteiger partial charge in [0.05, 0.1) is 16.7 Å². The minimum Gasteiger partial charge on any atom is -0.359 e. The van der Waals surface area contributed by atoms with Crippen molar-refractivity contribution in [2.45, 2.75) is 26.7 Å². The second kappa shape index (κ2) is 5.56. The molecule has 108 valence electrons. The molecule has 0 aliphatic carbocycles. The van der Waals surface area contributed by atoms with Gasteiger partial charge in [0.15, 0.2) is 0 Å². The Morgan fingerprint density at radius 1 is 1.45 bits per heavy atom. The van der Waals surface area contributed by atoms with Crippen LogP contribution in [0.3, 0.4) is 0 Å². The molecule has 2 amide bonds. The third-order valence-corrected chi connectivity index (χ3v) is 3.90. The summed E-state index contributed by atoms with van der Waals surface area (Å²) in [6, 6.07) is 0. The molecular weight excluding hydrogens is 256 g/mol. The van der Waals surface area contributed by atoms with Crippen molar-refractivity contribution in [3.8, 4) is 0 Å². The molecule has 20 heavy (non-hydrogen) atoms. The van der Waals surface area contributed by atoms with Crippen LogP contribution >= 0.6 is 0 Å². The molecule has 6 nitrogen and oxygen atoms in total. The zero-order valence-electron chi connectivity index (χ0n) is 12.1. The molecular formula is C14H20N4O2. The zero-order chi connectivity index (χ0) is 14.8. The highest BCUT2D eigenvalue weighted by Gasteiger charge is 2.39. The molecule has 2 heterocycles. The van der Waals surface area contributed by atoms with Crippen molar-refractivity contribution in [2.24, 2.45) is 5.41 Å². The number of amides is 2. The van der Waals surface area contributed by atoms with E-state index in [0.29, 0.717) is 24.3 Å². The van der Waals surface area contributed by atoms with Gasteiger partial charge in [-0.1, -0.05) is 0 Å². The molecule has 0 radical (unpaired) electrons. The van der Waals surface area contributed by atoms with Gasteiger partial charge in [-0.2, -0.15) is 0 Å². The van der Waals surface area contributed by atoms with Crippen molar-refractivity contribution in [3.63, 3.8) is 0 Å². The first-order valence-electron chi connectivity index (χ1n) is 6.76. The summed E-state index contributed by atoms with van der Waals surface area (Å²) in [5.41, 5.74) is 0.650. The Balaban J connectivity index is 2.19. The predicted octanol–water partition coefficient (Wildman–Crippen LogP) is 0.773. The normalized spacial score (nSPS) is 22.4. The second-order valence-corrected chi connectivity index (χ2v) is 5.49. The monoisotopic (exact) mass is 276 g/mol. The minimum absolute atomic E-state index is 0.0176. The van der Waals surface area contributed by atoms with Gasteiger partial charge in [-0.05, 0) is 26.7 Å². The molecule has 0 saturated carbocycles. The van der Waals surface area contributed by atoms with Crippen molar-refractivity contribution < 1.29 is 9.59 Å². The van der Waals surface area contributed by atoms with E-state index in [-0.39, 0.29) is 11.8 Å². The number of aromatic nitrogens is 2. The van der Waals surface area contributed by atoms with Crippen LogP contribution in [0.25, 0.3) is 0 Å². The third-order valence-electron chi connectivity index (χ3n) is 3.90. The molecule has 1 aliphatic heterocycles. The smallest absolute Gasteiger partial charge is 0.257 e. The summed E-state index contributed by atoms with van der Waals surface area (Å²) in [7, 11) is 1.63. The Hall–Kier alpha value is -1.98. The van der Waals surface area contributed by atoms with E-state index in [1.165, 1.54) is 12.5 Å². The van der Waals surface area contributed by atoms with E-state index >= 15 is 0 Å². The summed E-state index contributed by atoms with van der Waals surface area (Å²) in [6.45, 7) is 4.79. The number of likely N-dealkylation sites (tertiary alicyclic amines) is 1. The van der Waals surface area contributed by atoms with Gasteiger partial charge in [-0.25, -0.2) is 9.97 Å². The van der Waals surface area contributed by atoms with E-state index in [0.717, 1.165) is 12.8 Å². The number of carbonyl (C=O) groups excluding carboxylic acids is 2. The summed E-state index contributed by atoms with van der Waals surface area (Å²) in [6.07, 6.45) is 4.58. The zero-order valence-corrected chi connectivity index (χ0v) is 12.1. The lowest BCUT2D eigenvalue weighted by Gasteiger charge is -2.39. The highest BCUT2D eigenvalue weighted by atomic mass is 16.2. The first kappa shape index (κ1) is 14.4. The van der Waals surface area contributed by atoms with Crippen LogP contribution in [-0.4, -0.2) is 46.8 Å². The Labute approximate surface area is 118 Å². The SMILES string of the molecule is CNC(=O)C1(C)CCCN(C(=O)c2cncnc2C)C1. The Morgan fingerprint density at radius 2 is 2.20 bits per heavy atom. The quantitative estimate of drug-likeness (QED) is 0.866.